The molecule has 1 aliphatic heterocycles. The van der Waals surface area contributed by atoms with Crippen LogP contribution in [0.1, 0.15) is 0 Å². The van der Waals surface area contributed by atoms with Crippen molar-refractivity contribution >= 4 is 11.6 Å². The van der Waals surface area contributed by atoms with Crippen molar-refractivity contribution in [1.29, 1.82) is 10.8 Å². The molecule has 0 aromatic rings. The van der Waals surface area contributed by atoms with E-state index in [1.165, 1.54) is 0 Å². The zero-order valence-corrected chi connectivity index (χ0v) is 9.25. The molecule has 1 heterocycles. The molecular formula is C9H17N5O2. The fourth-order valence-corrected chi connectivity index (χ4v) is 1.44. The second-order valence-electron chi connectivity index (χ2n) is 3.24. The maximum absolute atomic E-state index is 7.77. The Labute approximate surface area is 94.2 Å². The fourth-order valence-electron chi connectivity index (χ4n) is 1.44. The standard InChI is InChI=1S/C9H17N5O2/c1-13-6-7(8(10)9(11)16-12)14-2-4-15-5-3-14/h6,10-11,13H,2-5,12H2,1H3/b7-6+,10-8?,11-9?. The highest BCUT2D eigenvalue weighted by molar-refractivity contribution is 6.42. The lowest BCUT2D eigenvalue weighted by Crippen LogP contribution is -2.40. The van der Waals surface area contributed by atoms with Gasteiger partial charge in [-0.3, -0.25) is 10.8 Å². The number of rotatable bonds is 4. The molecule has 0 bridgehead atoms. The molecule has 0 spiro atoms. The second kappa shape index (κ2) is 6.09. The van der Waals surface area contributed by atoms with E-state index in [-0.39, 0.29) is 11.6 Å². The molecule has 0 radical (unpaired) electrons. The number of hydrogen-bond acceptors (Lipinski definition) is 7. The zero-order valence-electron chi connectivity index (χ0n) is 9.25. The Hall–Kier alpha value is -1.60. The molecular weight excluding hydrogens is 210 g/mol. The van der Waals surface area contributed by atoms with Gasteiger partial charge in [-0.25, -0.2) is 0 Å². The first kappa shape index (κ1) is 12.5. The van der Waals surface area contributed by atoms with E-state index in [2.05, 4.69) is 10.2 Å². The van der Waals surface area contributed by atoms with Gasteiger partial charge in [0.2, 0.25) is 0 Å². The normalized spacial score (nSPS) is 16.9. The van der Waals surface area contributed by atoms with E-state index in [1.54, 1.807) is 13.2 Å². The topological polar surface area (TPSA) is 107 Å². The van der Waals surface area contributed by atoms with Crippen LogP contribution in [0.4, 0.5) is 0 Å². The summed E-state index contributed by atoms with van der Waals surface area (Å²) >= 11 is 0. The summed E-state index contributed by atoms with van der Waals surface area (Å²) in [5, 5.41) is 18.0. The molecule has 0 saturated carbocycles. The quantitative estimate of drug-likeness (QED) is 0.287. The van der Waals surface area contributed by atoms with E-state index >= 15 is 0 Å². The van der Waals surface area contributed by atoms with Crippen LogP contribution in [0.5, 0.6) is 0 Å². The predicted molar refractivity (Wildman–Crippen MR) is 60.3 cm³/mol. The first-order valence-electron chi connectivity index (χ1n) is 4.95. The van der Waals surface area contributed by atoms with E-state index in [0.717, 1.165) is 0 Å². The molecule has 0 atom stereocenters. The third-order valence-electron chi connectivity index (χ3n) is 2.23. The highest BCUT2D eigenvalue weighted by Gasteiger charge is 2.20. The van der Waals surface area contributed by atoms with Crippen molar-refractivity contribution in [2.45, 2.75) is 0 Å². The van der Waals surface area contributed by atoms with Crippen molar-refractivity contribution in [3.8, 4) is 0 Å². The Kier molecular flexibility index (Phi) is 4.74. The molecule has 1 aliphatic rings. The van der Waals surface area contributed by atoms with Crippen molar-refractivity contribution in [2.75, 3.05) is 33.4 Å². The number of ether oxygens (including phenoxy) is 1. The van der Waals surface area contributed by atoms with Crippen molar-refractivity contribution in [2.24, 2.45) is 5.90 Å². The van der Waals surface area contributed by atoms with Crippen LogP contribution in [-0.4, -0.2) is 49.9 Å². The first-order valence-corrected chi connectivity index (χ1v) is 4.95. The summed E-state index contributed by atoms with van der Waals surface area (Å²) < 4.78 is 5.23. The predicted octanol–water partition coefficient (Wildman–Crippen LogP) is -0.733. The number of hydrogen-bond donors (Lipinski definition) is 4. The highest BCUT2D eigenvalue weighted by atomic mass is 16.6. The molecule has 1 rings (SSSR count). The Balaban J connectivity index is 2.77. The third kappa shape index (κ3) is 2.94. The van der Waals surface area contributed by atoms with E-state index in [0.29, 0.717) is 32.0 Å². The SMILES string of the molecule is CN/C=C(\C(=N)C(=N)ON)N1CCOCC1. The van der Waals surface area contributed by atoms with Crippen LogP contribution in [0.2, 0.25) is 0 Å². The average molecular weight is 227 g/mol. The van der Waals surface area contributed by atoms with E-state index in [4.69, 9.17) is 21.5 Å². The molecule has 0 amide bonds. The largest absolute Gasteiger partial charge is 0.392 e. The van der Waals surface area contributed by atoms with Gasteiger partial charge >= 0.3 is 0 Å². The summed E-state index contributed by atoms with van der Waals surface area (Å²) in [6.07, 6.45) is 1.65. The molecule has 5 N–H and O–H groups in total. The van der Waals surface area contributed by atoms with Crippen LogP contribution in [0.15, 0.2) is 11.9 Å². The van der Waals surface area contributed by atoms with Gasteiger partial charge in [0.15, 0.2) is 0 Å². The number of nitrogens with one attached hydrogen (secondary N) is 3. The van der Waals surface area contributed by atoms with Crippen LogP contribution in [0.3, 0.4) is 0 Å². The van der Waals surface area contributed by atoms with Crippen LogP contribution in [0, 0.1) is 10.8 Å². The maximum Gasteiger partial charge on any atom is 0.257 e. The minimum Gasteiger partial charge on any atom is -0.392 e. The van der Waals surface area contributed by atoms with Gasteiger partial charge in [-0.15, -0.1) is 0 Å². The lowest BCUT2D eigenvalue weighted by molar-refractivity contribution is 0.0562. The summed E-state index contributed by atoms with van der Waals surface area (Å²) in [7, 11) is 1.74. The van der Waals surface area contributed by atoms with E-state index in [1.807, 2.05) is 4.90 Å². The first-order chi connectivity index (χ1) is 7.70. The molecule has 0 aliphatic carbocycles. The highest BCUT2D eigenvalue weighted by Crippen LogP contribution is 2.09. The van der Waals surface area contributed by atoms with Gasteiger partial charge < -0.3 is 19.8 Å². The lowest BCUT2D eigenvalue weighted by Gasteiger charge is -2.30. The van der Waals surface area contributed by atoms with Gasteiger partial charge in [-0.1, -0.05) is 0 Å². The minimum absolute atomic E-state index is 0.0428. The van der Waals surface area contributed by atoms with Gasteiger partial charge in [-0.05, 0) is 0 Å². The Morgan fingerprint density at radius 2 is 2.06 bits per heavy atom. The number of morpholine rings is 1. The van der Waals surface area contributed by atoms with Crippen LogP contribution < -0.4 is 11.2 Å². The average Bonchev–Trinajstić information content (AvgIpc) is 2.35. The molecule has 7 heteroatoms. The summed E-state index contributed by atoms with van der Waals surface area (Å²) in [5.74, 6) is 4.53. The summed E-state index contributed by atoms with van der Waals surface area (Å²) in [6, 6.07) is 0. The summed E-state index contributed by atoms with van der Waals surface area (Å²) in [4.78, 5) is 6.22. The van der Waals surface area contributed by atoms with Gasteiger partial charge in [0.25, 0.3) is 5.90 Å². The van der Waals surface area contributed by atoms with Crippen molar-refractivity contribution in [3.05, 3.63) is 11.9 Å². The summed E-state index contributed by atoms with van der Waals surface area (Å²) in [5.41, 5.74) is 0.542. The molecule has 90 valence electrons. The van der Waals surface area contributed by atoms with Crippen LogP contribution >= 0.6 is 0 Å². The van der Waals surface area contributed by atoms with Gasteiger partial charge in [0.05, 0.1) is 18.9 Å². The van der Waals surface area contributed by atoms with Gasteiger partial charge in [0.1, 0.15) is 5.71 Å². The second-order valence-corrected chi connectivity index (χ2v) is 3.24. The molecule has 16 heavy (non-hydrogen) atoms. The van der Waals surface area contributed by atoms with E-state index < -0.39 is 0 Å². The Bertz CT molecular complexity index is 296. The van der Waals surface area contributed by atoms with E-state index in [9.17, 15) is 0 Å². The molecule has 7 nitrogen and oxygen atoms in total. The summed E-state index contributed by atoms with van der Waals surface area (Å²) in [6.45, 7) is 2.61. The number of nitrogens with two attached hydrogens (primary N) is 1. The van der Waals surface area contributed by atoms with Crippen LogP contribution in [0.25, 0.3) is 0 Å². The molecule has 1 saturated heterocycles. The fraction of sp³-hybridized carbons (Fsp3) is 0.556. The van der Waals surface area contributed by atoms with Gasteiger partial charge in [0, 0.05) is 26.3 Å². The molecule has 0 unspecified atom stereocenters. The van der Waals surface area contributed by atoms with Crippen molar-refractivity contribution in [1.82, 2.24) is 10.2 Å². The zero-order chi connectivity index (χ0) is 12.0. The van der Waals surface area contributed by atoms with Crippen LogP contribution in [-0.2, 0) is 9.57 Å². The monoisotopic (exact) mass is 227 g/mol. The Morgan fingerprint density at radius 3 is 2.56 bits per heavy atom. The minimum atomic E-state index is -0.354. The smallest absolute Gasteiger partial charge is 0.257 e. The number of nitrogens with zero attached hydrogens (tertiary/aromatic N) is 1. The molecule has 0 aromatic heterocycles. The third-order valence-corrected chi connectivity index (χ3v) is 2.23. The maximum atomic E-state index is 7.77. The lowest BCUT2D eigenvalue weighted by atomic mass is 10.2. The Morgan fingerprint density at radius 1 is 1.44 bits per heavy atom. The molecule has 1 fully saturated rings. The molecule has 0 aromatic carbocycles. The van der Waals surface area contributed by atoms with Crippen molar-refractivity contribution < 1.29 is 9.57 Å². The van der Waals surface area contributed by atoms with Crippen molar-refractivity contribution in [3.63, 3.8) is 0 Å². The van der Waals surface area contributed by atoms with Gasteiger partial charge in [-0.2, -0.15) is 5.90 Å².